The van der Waals surface area contributed by atoms with Gasteiger partial charge in [0, 0.05) is 6.42 Å². The maximum Gasteiger partial charge on any atom is 0.408 e. The first-order chi connectivity index (χ1) is 17.6. The van der Waals surface area contributed by atoms with E-state index in [0.29, 0.717) is 5.56 Å². The summed E-state index contributed by atoms with van der Waals surface area (Å²) in [7, 11) is 0. The summed E-state index contributed by atoms with van der Waals surface area (Å²) in [6.45, 7) is 8.17. The molecule has 7 nitrogen and oxygen atoms in total. The predicted molar refractivity (Wildman–Crippen MR) is 127 cm³/mol. The third kappa shape index (κ3) is 8.42. The van der Waals surface area contributed by atoms with Crippen LogP contribution in [0.25, 0.3) is 0 Å². The van der Waals surface area contributed by atoms with Gasteiger partial charge < -0.3 is 20.1 Å². The molecule has 2 aromatic rings. The lowest BCUT2D eigenvalue weighted by atomic mass is 10.0. The normalized spacial score (nSPS) is 13.0. The molecule has 0 saturated heterocycles. The molecular weight excluding hydrogens is 515 g/mol. The van der Waals surface area contributed by atoms with Gasteiger partial charge in [-0.15, -0.1) is 0 Å². The summed E-state index contributed by atoms with van der Waals surface area (Å²) in [4.78, 5) is 38.3. The Morgan fingerprint density at radius 1 is 0.816 bits per heavy atom. The number of hydrogen-bond donors (Lipinski definition) is 2. The van der Waals surface area contributed by atoms with E-state index in [1.165, 1.54) is 0 Å². The Labute approximate surface area is 216 Å². The molecule has 0 aromatic heterocycles. The van der Waals surface area contributed by atoms with E-state index in [-0.39, 0.29) is 18.8 Å². The Bertz CT molecular complexity index is 1140. The molecule has 2 N–H and O–H groups in total. The molecule has 2 rings (SSSR count). The van der Waals surface area contributed by atoms with Gasteiger partial charge in [0.15, 0.2) is 0 Å². The maximum atomic E-state index is 14.1. The number of rotatable bonds is 9. The largest absolute Gasteiger partial charge is 0.444 e. The molecule has 0 aliphatic carbocycles. The summed E-state index contributed by atoms with van der Waals surface area (Å²) >= 11 is 0. The van der Waals surface area contributed by atoms with Gasteiger partial charge in [-0.1, -0.05) is 44.2 Å². The number of carbonyl (C=O) groups is 3. The van der Waals surface area contributed by atoms with Crippen LogP contribution < -0.4 is 15.4 Å². The Hall–Kier alpha value is -3.70. The van der Waals surface area contributed by atoms with E-state index in [9.17, 15) is 36.3 Å². The molecule has 0 fully saturated rings. The van der Waals surface area contributed by atoms with Gasteiger partial charge in [-0.3, -0.25) is 4.79 Å². The van der Waals surface area contributed by atoms with Crippen LogP contribution in [0.15, 0.2) is 30.3 Å². The molecule has 0 spiro atoms. The summed E-state index contributed by atoms with van der Waals surface area (Å²) in [5.41, 5.74) is -0.233. The van der Waals surface area contributed by atoms with E-state index >= 15 is 0 Å². The maximum absolute atomic E-state index is 14.1. The lowest BCUT2D eigenvalue weighted by molar-refractivity contribution is -0.140. The standard InChI is InChI=1S/C26H29F5N2O5/c1-13(2)11-16(24(35)37-22-20(30)18(28)17(27)19(29)21(22)31)32-23(34)15(12-14-9-7-6-8-10-14)33-25(36)38-26(3,4)5/h6-10,13,15-16H,11-12H2,1-5H3,(H,32,34)(H,33,36)/t15-,16-/m0/s1. The van der Waals surface area contributed by atoms with Gasteiger partial charge in [0.2, 0.25) is 40.7 Å². The molecule has 0 saturated carbocycles. The van der Waals surface area contributed by atoms with Crippen LogP contribution in [-0.2, 0) is 20.7 Å². The summed E-state index contributed by atoms with van der Waals surface area (Å²) in [6.07, 6.45) is -1.06. The van der Waals surface area contributed by atoms with Gasteiger partial charge in [-0.25, -0.2) is 22.8 Å². The molecule has 0 radical (unpaired) electrons. The quantitative estimate of drug-likeness (QED) is 0.153. The Balaban J connectivity index is 2.31. The molecule has 208 valence electrons. The number of halogens is 5. The summed E-state index contributed by atoms with van der Waals surface area (Å²) < 4.78 is 78.3. The van der Waals surface area contributed by atoms with E-state index in [0.717, 1.165) is 0 Å². The van der Waals surface area contributed by atoms with Crippen molar-refractivity contribution in [3.05, 3.63) is 65.0 Å². The number of amides is 2. The number of ether oxygens (including phenoxy) is 2. The molecule has 2 aromatic carbocycles. The number of hydrogen-bond acceptors (Lipinski definition) is 5. The summed E-state index contributed by atoms with van der Waals surface area (Å²) in [5.74, 6) is -16.1. The van der Waals surface area contributed by atoms with Crippen LogP contribution in [0.5, 0.6) is 5.75 Å². The van der Waals surface area contributed by atoms with Crippen LogP contribution in [-0.4, -0.2) is 35.7 Å². The average molecular weight is 545 g/mol. The van der Waals surface area contributed by atoms with Gasteiger partial charge in [-0.2, -0.15) is 8.78 Å². The minimum absolute atomic E-state index is 0.0208. The van der Waals surface area contributed by atoms with Crippen LogP contribution in [0.2, 0.25) is 0 Å². The van der Waals surface area contributed by atoms with Crippen molar-refractivity contribution in [3.63, 3.8) is 0 Å². The molecule has 2 atom stereocenters. The van der Waals surface area contributed by atoms with Crippen LogP contribution in [0.3, 0.4) is 0 Å². The van der Waals surface area contributed by atoms with Crippen molar-refractivity contribution in [2.24, 2.45) is 5.92 Å². The second kappa shape index (κ2) is 12.7. The predicted octanol–water partition coefficient (Wildman–Crippen LogP) is 4.95. The van der Waals surface area contributed by atoms with Crippen LogP contribution in [0.4, 0.5) is 26.7 Å². The number of alkyl carbamates (subject to hydrolysis) is 1. The molecule has 0 aliphatic heterocycles. The van der Waals surface area contributed by atoms with E-state index in [4.69, 9.17) is 4.74 Å². The monoisotopic (exact) mass is 544 g/mol. The molecule has 38 heavy (non-hydrogen) atoms. The van der Waals surface area contributed by atoms with Crippen molar-refractivity contribution in [2.75, 3.05) is 0 Å². The van der Waals surface area contributed by atoms with Crippen molar-refractivity contribution in [2.45, 2.75) is 65.1 Å². The van der Waals surface area contributed by atoms with E-state index in [1.807, 2.05) is 0 Å². The van der Waals surface area contributed by atoms with Crippen LogP contribution in [0.1, 0.15) is 46.6 Å². The fourth-order valence-electron chi connectivity index (χ4n) is 3.31. The zero-order chi connectivity index (χ0) is 28.8. The lowest BCUT2D eigenvalue weighted by Gasteiger charge is -2.25. The topological polar surface area (TPSA) is 93.7 Å². The first kappa shape index (κ1) is 30.5. The van der Waals surface area contributed by atoms with Gasteiger partial charge >= 0.3 is 12.1 Å². The highest BCUT2D eigenvalue weighted by Gasteiger charge is 2.33. The highest BCUT2D eigenvalue weighted by atomic mass is 19.2. The van der Waals surface area contributed by atoms with E-state index in [2.05, 4.69) is 15.4 Å². The fraction of sp³-hybridized carbons (Fsp3) is 0.423. The zero-order valence-corrected chi connectivity index (χ0v) is 21.5. The smallest absolute Gasteiger partial charge is 0.408 e. The molecule has 12 heteroatoms. The van der Waals surface area contributed by atoms with Gasteiger partial charge in [0.25, 0.3) is 0 Å². The number of esters is 1. The molecule has 0 heterocycles. The van der Waals surface area contributed by atoms with Crippen molar-refractivity contribution in [1.29, 1.82) is 0 Å². The van der Waals surface area contributed by atoms with Crippen molar-refractivity contribution in [3.8, 4) is 5.75 Å². The second-order valence-corrected chi connectivity index (χ2v) is 9.90. The minimum Gasteiger partial charge on any atom is -0.444 e. The summed E-state index contributed by atoms with van der Waals surface area (Å²) in [6, 6.07) is 5.73. The third-order valence-electron chi connectivity index (χ3n) is 4.97. The van der Waals surface area contributed by atoms with Gasteiger partial charge in [0.1, 0.15) is 17.7 Å². The summed E-state index contributed by atoms with van der Waals surface area (Å²) in [5, 5.41) is 4.77. The SMILES string of the molecule is CC(C)C[C@H](NC(=O)[C@H](Cc1ccccc1)NC(=O)OC(C)(C)C)C(=O)Oc1c(F)c(F)c(F)c(F)c1F. The highest BCUT2D eigenvalue weighted by molar-refractivity contribution is 5.90. The van der Waals surface area contributed by atoms with Crippen molar-refractivity contribution >= 4 is 18.0 Å². The fourth-order valence-corrected chi connectivity index (χ4v) is 3.31. The van der Waals surface area contributed by atoms with E-state index < -0.39 is 70.5 Å². The van der Waals surface area contributed by atoms with Gasteiger partial charge in [0.05, 0.1) is 0 Å². The average Bonchev–Trinajstić information content (AvgIpc) is 2.82. The van der Waals surface area contributed by atoms with Crippen LogP contribution in [0, 0.1) is 35.0 Å². The molecule has 2 amide bonds. The Morgan fingerprint density at radius 2 is 1.34 bits per heavy atom. The lowest BCUT2D eigenvalue weighted by Crippen LogP contribution is -2.54. The van der Waals surface area contributed by atoms with Gasteiger partial charge in [-0.05, 0) is 38.7 Å². The molecule has 0 unspecified atom stereocenters. The van der Waals surface area contributed by atoms with Crippen LogP contribution >= 0.6 is 0 Å². The first-order valence-electron chi connectivity index (χ1n) is 11.7. The van der Waals surface area contributed by atoms with Crippen molar-refractivity contribution < 1.29 is 45.8 Å². The zero-order valence-electron chi connectivity index (χ0n) is 21.5. The Morgan fingerprint density at radius 3 is 1.84 bits per heavy atom. The Kier molecular flexibility index (Phi) is 10.2. The number of carbonyl (C=O) groups excluding carboxylic acids is 3. The number of nitrogens with one attached hydrogen (secondary N) is 2. The van der Waals surface area contributed by atoms with E-state index in [1.54, 1.807) is 65.0 Å². The number of benzene rings is 2. The first-order valence-corrected chi connectivity index (χ1v) is 11.7. The molecule has 0 bridgehead atoms. The molecule has 0 aliphatic rings. The second-order valence-electron chi connectivity index (χ2n) is 9.90. The molecular formula is C26H29F5N2O5. The van der Waals surface area contributed by atoms with Crippen molar-refractivity contribution in [1.82, 2.24) is 10.6 Å². The highest BCUT2D eigenvalue weighted by Crippen LogP contribution is 2.29. The minimum atomic E-state index is -2.41. The third-order valence-corrected chi connectivity index (χ3v) is 4.97.